The Bertz CT molecular complexity index is 835. The van der Waals surface area contributed by atoms with Crippen LogP contribution in [0.1, 0.15) is 18.1 Å². The summed E-state index contributed by atoms with van der Waals surface area (Å²) in [6.45, 7) is 4.30. The number of benzene rings is 2. The molecule has 5 nitrogen and oxygen atoms in total. The van der Waals surface area contributed by atoms with Crippen LogP contribution in [0.5, 0.6) is 11.5 Å². The first-order valence-electron chi connectivity index (χ1n) is 7.88. The summed E-state index contributed by atoms with van der Waals surface area (Å²) in [5.41, 5.74) is 2.36. The van der Waals surface area contributed by atoms with E-state index in [0.29, 0.717) is 29.4 Å². The van der Waals surface area contributed by atoms with Gasteiger partial charge in [0.05, 0.1) is 13.7 Å². The normalized spacial score (nSPS) is 10.7. The number of anilines is 1. The van der Waals surface area contributed by atoms with Gasteiger partial charge in [0.25, 0.3) is 5.91 Å². The third-order valence-electron chi connectivity index (χ3n) is 3.44. The highest BCUT2D eigenvalue weighted by atomic mass is 16.5. The van der Waals surface area contributed by atoms with Crippen molar-refractivity contribution in [1.82, 2.24) is 0 Å². The summed E-state index contributed by atoms with van der Waals surface area (Å²) in [7, 11) is 1.56. The third-order valence-corrected chi connectivity index (χ3v) is 3.44. The fourth-order valence-electron chi connectivity index (χ4n) is 2.29. The Hall–Kier alpha value is -3.26. The van der Waals surface area contributed by atoms with Crippen LogP contribution in [0, 0.1) is 18.3 Å². The summed E-state index contributed by atoms with van der Waals surface area (Å²) >= 11 is 0. The Balaban J connectivity index is 2.26. The van der Waals surface area contributed by atoms with E-state index in [-0.39, 0.29) is 5.57 Å². The molecule has 0 unspecified atom stereocenters. The molecule has 0 saturated carbocycles. The van der Waals surface area contributed by atoms with Crippen LogP contribution in [0.4, 0.5) is 5.69 Å². The Morgan fingerprint density at radius 1 is 1.24 bits per heavy atom. The minimum absolute atomic E-state index is 0.00845. The van der Waals surface area contributed by atoms with E-state index in [0.717, 1.165) is 5.56 Å². The number of ether oxygens (including phenoxy) is 2. The van der Waals surface area contributed by atoms with E-state index in [9.17, 15) is 10.1 Å². The fourth-order valence-corrected chi connectivity index (χ4v) is 2.29. The number of hydrogen-bond donors (Lipinski definition) is 1. The maximum atomic E-state index is 12.3. The molecule has 0 radical (unpaired) electrons. The first-order chi connectivity index (χ1) is 12.1. The number of rotatable bonds is 6. The lowest BCUT2D eigenvalue weighted by Gasteiger charge is -2.10. The number of methoxy groups -OCH3 is 1. The summed E-state index contributed by atoms with van der Waals surface area (Å²) in [6.07, 6.45) is 1.52. The molecule has 2 aromatic rings. The van der Waals surface area contributed by atoms with Crippen LogP contribution in [0.3, 0.4) is 0 Å². The van der Waals surface area contributed by atoms with Crippen molar-refractivity contribution >= 4 is 17.7 Å². The summed E-state index contributed by atoms with van der Waals surface area (Å²) in [4.78, 5) is 12.3. The molecule has 25 heavy (non-hydrogen) atoms. The maximum absolute atomic E-state index is 12.3. The average Bonchev–Trinajstić information content (AvgIpc) is 2.60. The largest absolute Gasteiger partial charge is 0.493 e. The minimum atomic E-state index is -0.457. The Morgan fingerprint density at radius 3 is 2.68 bits per heavy atom. The Kier molecular flexibility index (Phi) is 6.19. The van der Waals surface area contributed by atoms with Gasteiger partial charge in [-0.2, -0.15) is 5.26 Å². The van der Waals surface area contributed by atoms with Gasteiger partial charge < -0.3 is 14.8 Å². The van der Waals surface area contributed by atoms with Crippen LogP contribution in [0.2, 0.25) is 0 Å². The van der Waals surface area contributed by atoms with Gasteiger partial charge in [-0.3, -0.25) is 4.79 Å². The number of aryl methyl sites for hydroxylation is 1. The van der Waals surface area contributed by atoms with Crippen molar-refractivity contribution in [3.63, 3.8) is 0 Å². The molecule has 0 heterocycles. The van der Waals surface area contributed by atoms with Crippen molar-refractivity contribution in [2.75, 3.05) is 19.0 Å². The molecule has 0 aliphatic rings. The smallest absolute Gasteiger partial charge is 0.266 e. The molecule has 0 aliphatic heterocycles. The molecule has 0 saturated heterocycles. The zero-order valence-corrected chi connectivity index (χ0v) is 14.5. The van der Waals surface area contributed by atoms with Gasteiger partial charge in [0.2, 0.25) is 0 Å². The molecule has 2 rings (SSSR count). The monoisotopic (exact) mass is 336 g/mol. The highest BCUT2D eigenvalue weighted by Crippen LogP contribution is 2.29. The van der Waals surface area contributed by atoms with Gasteiger partial charge in [0.15, 0.2) is 11.5 Å². The molecule has 0 spiro atoms. The second-order valence-corrected chi connectivity index (χ2v) is 5.34. The summed E-state index contributed by atoms with van der Waals surface area (Å²) < 4.78 is 10.7. The summed E-state index contributed by atoms with van der Waals surface area (Å²) in [6, 6.07) is 14.6. The van der Waals surface area contributed by atoms with Gasteiger partial charge in [0.1, 0.15) is 11.6 Å². The lowest BCUT2D eigenvalue weighted by Crippen LogP contribution is -2.13. The predicted octanol–water partition coefficient (Wildman–Crippen LogP) is 3.95. The van der Waals surface area contributed by atoms with Gasteiger partial charge in [-0.15, -0.1) is 0 Å². The number of hydrogen-bond acceptors (Lipinski definition) is 4. The topological polar surface area (TPSA) is 71.3 Å². The van der Waals surface area contributed by atoms with Crippen molar-refractivity contribution in [3.8, 4) is 17.6 Å². The Morgan fingerprint density at radius 2 is 2.04 bits per heavy atom. The van der Waals surface area contributed by atoms with E-state index in [4.69, 9.17) is 9.47 Å². The van der Waals surface area contributed by atoms with Crippen molar-refractivity contribution in [2.45, 2.75) is 13.8 Å². The number of carbonyl (C=O) groups is 1. The van der Waals surface area contributed by atoms with Gasteiger partial charge in [0, 0.05) is 5.69 Å². The van der Waals surface area contributed by atoms with Crippen LogP contribution in [0.25, 0.3) is 6.08 Å². The number of nitriles is 1. The van der Waals surface area contributed by atoms with Gasteiger partial charge in [-0.05, 0) is 55.3 Å². The minimum Gasteiger partial charge on any atom is -0.493 e. The van der Waals surface area contributed by atoms with E-state index < -0.39 is 5.91 Å². The number of amides is 1. The van der Waals surface area contributed by atoms with E-state index in [1.165, 1.54) is 6.08 Å². The molecule has 0 aromatic heterocycles. The molecule has 2 aromatic carbocycles. The van der Waals surface area contributed by atoms with Crippen molar-refractivity contribution in [1.29, 1.82) is 5.26 Å². The van der Waals surface area contributed by atoms with Crippen molar-refractivity contribution in [3.05, 3.63) is 59.2 Å². The Labute approximate surface area is 147 Å². The zero-order chi connectivity index (χ0) is 18.2. The maximum Gasteiger partial charge on any atom is 0.266 e. The lowest BCUT2D eigenvalue weighted by atomic mass is 10.1. The summed E-state index contributed by atoms with van der Waals surface area (Å²) in [5.74, 6) is 0.707. The van der Waals surface area contributed by atoms with E-state index in [1.54, 1.807) is 31.4 Å². The molecular formula is C20H20N2O3. The van der Waals surface area contributed by atoms with Crippen LogP contribution >= 0.6 is 0 Å². The molecule has 0 aliphatic carbocycles. The van der Waals surface area contributed by atoms with Gasteiger partial charge >= 0.3 is 0 Å². The van der Waals surface area contributed by atoms with Crippen molar-refractivity contribution < 1.29 is 14.3 Å². The molecule has 128 valence electrons. The molecule has 1 N–H and O–H groups in total. The van der Waals surface area contributed by atoms with Crippen LogP contribution < -0.4 is 14.8 Å². The van der Waals surface area contributed by atoms with Crippen LogP contribution in [-0.4, -0.2) is 19.6 Å². The lowest BCUT2D eigenvalue weighted by molar-refractivity contribution is -0.112. The molecule has 1 amide bonds. The number of nitrogens with one attached hydrogen (secondary N) is 1. The summed E-state index contributed by atoms with van der Waals surface area (Å²) in [5, 5.41) is 12.1. The van der Waals surface area contributed by atoms with E-state index in [2.05, 4.69) is 5.32 Å². The standard InChI is InChI=1S/C20H20N2O3/c1-4-25-19-12-15(8-9-18(19)24-3)11-16(13-21)20(23)22-17-7-5-6-14(2)10-17/h5-12H,4H2,1-3H3,(H,22,23)/b16-11-. The van der Waals surface area contributed by atoms with Gasteiger partial charge in [-0.1, -0.05) is 18.2 Å². The number of carbonyl (C=O) groups excluding carboxylic acids is 1. The molecular weight excluding hydrogens is 316 g/mol. The second kappa shape index (κ2) is 8.55. The van der Waals surface area contributed by atoms with Gasteiger partial charge in [-0.25, -0.2) is 0 Å². The van der Waals surface area contributed by atoms with Crippen LogP contribution in [0.15, 0.2) is 48.0 Å². The van der Waals surface area contributed by atoms with Crippen molar-refractivity contribution in [2.24, 2.45) is 0 Å². The van der Waals surface area contributed by atoms with E-state index >= 15 is 0 Å². The molecule has 0 atom stereocenters. The zero-order valence-electron chi connectivity index (χ0n) is 14.5. The fraction of sp³-hybridized carbons (Fsp3) is 0.200. The second-order valence-electron chi connectivity index (χ2n) is 5.34. The first-order valence-corrected chi connectivity index (χ1v) is 7.88. The number of nitrogens with zero attached hydrogens (tertiary/aromatic N) is 1. The highest BCUT2D eigenvalue weighted by Gasteiger charge is 2.11. The quantitative estimate of drug-likeness (QED) is 0.640. The molecule has 0 fully saturated rings. The SMILES string of the molecule is CCOc1cc(/C=C(/C#N)C(=O)Nc2cccc(C)c2)ccc1OC. The molecule has 0 bridgehead atoms. The average molecular weight is 336 g/mol. The van der Waals surface area contributed by atoms with E-state index in [1.807, 2.05) is 38.1 Å². The molecule has 5 heteroatoms. The third kappa shape index (κ3) is 4.85. The van der Waals surface area contributed by atoms with Crippen LogP contribution in [-0.2, 0) is 4.79 Å². The highest BCUT2D eigenvalue weighted by molar-refractivity contribution is 6.09. The predicted molar refractivity (Wildman–Crippen MR) is 97.6 cm³/mol. The first kappa shape index (κ1) is 18.1.